The molecule has 10 heteroatoms. The van der Waals surface area contributed by atoms with Crippen LogP contribution in [0, 0.1) is 5.82 Å². The first kappa shape index (κ1) is 17.9. The van der Waals surface area contributed by atoms with E-state index in [0.29, 0.717) is 11.8 Å². The Morgan fingerprint density at radius 3 is 2.64 bits per heavy atom. The van der Waals surface area contributed by atoms with Crippen LogP contribution in [0.15, 0.2) is 47.8 Å². The topological polar surface area (TPSA) is 117 Å². The monoisotopic (exact) mass is 396 g/mol. The summed E-state index contributed by atoms with van der Waals surface area (Å²) in [6.45, 7) is 1.92. The Kier molecular flexibility index (Phi) is 4.85. The van der Waals surface area contributed by atoms with Gasteiger partial charge in [0.1, 0.15) is 5.82 Å². The molecule has 0 aliphatic rings. The molecule has 0 amide bonds. The van der Waals surface area contributed by atoms with Gasteiger partial charge in [0.15, 0.2) is 5.82 Å². The number of nitrogens with one attached hydrogen (secondary N) is 3. The first-order valence-corrected chi connectivity index (χ1v) is 9.34. The highest BCUT2D eigenvalue weighted by molar-refractivity contribution is 7.13. The van der Waals surface area contributed by atoms with Gasteiger partial charge in [-0.2, -0.15) is 20.1 Å². The lowest BCUT2D eigenvalue weighted by atomic mass is 10.1. The number of thiophene rings is 1. The van der Waals surface area contributed by atoms with Gasteiger partial charge in [0, 0.05) is 6.07 Å². The van der Waals surface area contributed by atoms with Gasteiger partial charge in [-0.3, -0.25) is 5.10 Å². The lowest BCUT2D eigenvalue weighted by Gasteiger charge is -2.14. The number of aromatic amines is 1. The number of halogens is 1. The van der Waals surface area contributed by atoms with Crippen molar-refractivity contribution in [1.82, 2.24) is 25.1 Å². The molecule has 3 aromatic heterocycles. The van der Waals surface area contributed by atoms with Crippen LogP contribution >= 0.6 is 11.3 Å². The summed E-state index contributed by atoms with van der Waals surface area (Å²) in [6, 6.07) is 11.9. The molecular weight excluding hydrogens is 379 g/mol. The Balaban J connectivity index is 1.50. The van der Waals surface area contributed by atoms with Crippen molar-refractivity contribution in [3.8, 4) is 10.6 Å². The maximum absolute atomic E-state index is 13.1. The summed E-state index contributed by atoms with van der Waals surface area (Å²) in [5.74, 6) is 0.922. The summed E-state index contributed by atoms with van der Waals surface area (Å²) >= 11 is 1.61. The molecule has 0 saturated heterocycles. The molecule has 0 spiro atoms. The molecule has 28 heavy (non-hydrogen) atoms. The van der Waals surface area contributed by atoms with Crippen molar-refractivity contribution in [3.05, 3.63) is 59.2 Å². The van der Waals surface area contributed by atoms with Gasteiger partial charge in [-0.1, -0.05) is 18.2 Å². The summed E-state index contributed by atoms with van der Waals surface area (Å²) in [7, 11) is 0. The van der Waals surface area contributed by atoms with E-state index < -0.39 is 0 Å². The van der Waals surface area contributed by atoms with Gasteiger partial charge in [0.25, 0.3) is 0 Å². The predicted octanol–water partition coefficient (Wildman–Crippen LogP) is 3.96. The van der Waals surface area contributed by atoms with Gasteiger partial charge in [0.2, 0.25) is 17.8 Å². The van der Waals surface area contributed by atoms with E-state index in [1.807, 2.05) is 30.5 Å². The van der Waals surface area contributed by atoms with Crippen molar-refractivity contribution in [2.75, 3.05) is 16.4 Å². The Hall–Kier alpha value is -3.53. The van der Waals surface area contributed by atoms with Crippen LogP contribution in [0.5, 0.6) is 0 Å². The Bertz CT molecular complexity index is 1060. The average Bonchev–Trinajstić information content (AvgIpc) is 3.33. The van der Waals surface area contributed by atoms with E-state index in [1.54, 1.807) is 23.5 Å². The fourth-order valence-corrected chi connectivity index (χ4v) is 3.29. The van der Waals surface area contributed by atoms with Crippen molar-refractivity contribution < 1.29 is 4.39 Å². The fraction of sp³-hybridized carbons (Fsp3) is 0.111. The fourth-order valence-electron chi connectivity index (χ4n) is 2.60. The molecule has 0 aliphatic carbocycles. The lowest BCUT2D eigenvalue weighted by molar-refractivity contribution is 0.626. The van der Waals surface area contributed by atoms with Crippen LogP contribution in [0.4, 0.5) is 28.1 Å². The molecular formula is C18H17FN8S. The summed E-state index contributed by atoms with van der Waals surface area (Å²) in [6.07, 6.45) is 0. The molecule has 1 aromatic carbocycles. The second kappa shape index (κ2) is 7.61. The van der Waals surface area contributed by atoms with Crippen molar-refractivity contribution in [1.29, 1.82) is 0 Å². The van der Waals surface area contributed by atoms with Gasteiger partial charge in [-0.05, 0) is 36.1 Å². The van der Waals surface area contributed by atoms with Crippen molar-refractivity contribution in [2.24, 2.45) is 0 Å². The molecule has 1 atom stereocenters. The Morgan fingerprint density at radius 1 is 1.11 bits per heavy atom. The number of anilines is 4. The van der Waals surface area contributed by atoms with Crippen molar-refractivity contribution in [2.45, 2.75) is 13.0 Å². The quantitative estimate of drug-likeness (QED) is 0.390. The normalized spacial score (nSPS) is 11.9. The number of nitrogens with two attached hydrogens (primary N) is 1. The minimum absolute atomic E-state index is 0.0697. The molecule has 0 bridgehead atoms. The number of nitrogen functional groups attached to an aromatic ring is 1. The highest BCUT2D eigenvalue weighted by Crippen LogP contribution is 2.25. The van der Waals surface area contributed by atoms with E-state index >= 15 is 0 Å². The molecule has 5 N–H and O–H groups in total. The summed E-state index contributed by atoms with van der Waals surface area (Å²) < 4.78 is 13.1. The highest BCUT2D eigenvalue weighted by atomic mass is 32.1. The van der Waals surface area contributed by atoms with Crippen LogP contribution in [0.25, 0.3) is 10.6 Å². The van der Waals surface area contributed by atoms with Crippen LogP contribution in [0.2, 0.25) is 0 Å². The second-order valence-corrected chi connectivity index (χ2v) is 6.98. The van der Waals surface area contributed by atoms with Gasteiger partial charge >= 0.3 is 0 Å². The van der Waals surface area contributed by atoms with E-state index in [-0.39, 0.29) is 23.8 Å². The maximum atomic E-state index is 13.1. The zero-order valence-electron chi connectivity index (χ0n) is 14.8. The molecule has 0 saturated carbocycles. The highest BCUT2D eigenvalue weighted by Gasteiger charge is 2.11. The molecule has 8 nitrogen and oxygen atoms in total. The molecule has 3 heterocycles. The molecule has 0 radical (unpaired) electrons. The molecule has 4 aromatic rings. The van der Waals surface area contributed by atoms with E-state index in [4.69, 9.17) is 5.73 Å². The minimum atomic E-state index is -0.284. The molecule has 4 rings (SSSR count). The zero-order chi connectivity index (χ0) is 19.5. The van der Waals surface area contributed by atoms with E-state index in [9.17, 15) is 4.39 Å². The Morgan fingerprint density at radius 2 is 1.89 bits per heavy atom. The van der Waals surface area contributed by atoms with Crippen LogP contribution in [-0.4, -0.2) is 25.1 Å². The average molecular weight is 396 g/mol. The zero-order valence-corrected chi connectivity index (χ0v) is 15.7. The molecule has 1 unspecified atom stereocenters. The summed E-state index contributed by atoms with van der Waals surface area (Å²) in [5, 5.41) is 15.3. The SMILES string of the molecule is CC(Nc1nc(N)nc(Nc2cc(-c3cccs3)[nH]n2)n1)c1ccc(F)cc1. The van der Waals surface area contributed by atoms with Crippen LogP contribution in [0.1, 0.15) is 18.5 Å². The first-order chi connectivity index (χ1) is 13.6. The van der Waals surface area contributed by atoms with Crippen molar-refractivity contribution >= 4 is 35.0 Å². The predicted molar refractivity (Wildman–Crippen MR) is 108 cm³/mol. The third kappa shape index (κ3) is 4.07. The number of aromatic nitrogens is 5. The largest absolute Gasteiger partial charge is 0.368 e. The molecule has 0 aliphatic heterocycles. The molecule has 142 valence electrons. The second-order valence-electron chi connectivity index (χ2n) is 6.03. The van der Waals surface area contributed by atoms with Gasteiger partial charge in [0.05, 0.1) is 16.6 Å². The number of benzene rings is 1. The van der Waals surface area contributed by atoms with Crippen LogP contribution in [-0.2, 0) is 0 Å². The third-order valence-electron chi connectivity index (χ3n) is 3.97. The number of rotatable bonds is 6. The Labute approximate surface area is 164 Å². The number of hydrogen-bond acceptors (Lipinski definition) is 8. The van der Waals surface area contributed by atoms with Gasteiger partial charge in [-0.25, -0.2) is 4.39 Å². The number of nitrogens with zero attached hydrogens (tertiary/aromatic N) is 4. The minimum Gasteiger partial charge on any atom is -0.368 e. The van der Waals surface area contributed by atoms with Crippen LogP contribution < -0.4 is 16.4 Å². The number of H-pyrrole nitrogens is 1. The van der Waals surface area contributed by atoms with Gasteiger partial charge < -0.3 is 16.4 Å². The summed E-state index contributed by atoms with van der Waals surface area (Å²) in [5.41, 5.74) is 7.59. The van der Waals surface area contributed by atoms with E-state index in [1.165, 1.54) is 12.1 Å². The smallest absolute Gasteiger partial charge is 0.235 e. The van der Waals surface area contributed by atoms with E-state index in [0.717, 1.165) is 16.1 Å². The van der Waals surface area contributed by atoms with Crippen LogP contribution in [0.3, 0.4) is 0 Å². The first-order valence-electron chi connectivity index (χ1n) is 8.47. The summed E-state index contributed by atoms with van der Waals surface area (Å²) in [4.78, 5) is 13.6. The third-order valence-corrected chi connectivity index (χ3v) is 4.88. The van der Waals surface area contributed by atoms with Crippen molar-refractivity contribution in [3.63, 3.8) is 0 Å². The van der Waals surface area contributed by atoms with Gasteiger partial charge in [-0.15, -0.1) is 11.3 Å². The standard InChI is InChI=1S/C18H17FN8S/c1-10(11-4-6-12(19)7-5-11)21-17-23-16(20)24-18(25-17)22-15-9-13(26-27-15)14-3-2-8-28-14/h2-10H,1H3,(H5,20,21,22,23,24,25,26,27). The maximum Gasteiger partial charge on any atom is 0.235 e. The molecule has 0 fully saturated rings. The number of hydrogen-bond donors (Lipinski definition) is 4. The lowest BCUT2D eigenvalue weighted by Crippen LogP contribution is -2.12. The van der Waals surface area contributed by atoms with E-state index in [2.05, 4.69) is 35.8 Å².